The molecule has 2 fully saturated rings. The molecule has 0 saturated carbocycles. The lowest BCUT2D eigenvalue weighted by atomic mass is 9.89. The molecule has 0 radical (unpaired) electrons. The molecule has 7 amide bonds. The van der Waals surface area contributed by atoms with E-state index in [1.807, 2.05) is 65.7 Å². The maximum absolute atomic E-state index is 14.5. The Balaban J connectivity index is 1.42. The van der Waals surface area contributed by atoms with Crippen molar-refractivity contribution in [2.24, 2.45) is 22.7 Å². The van der Waals surface area contributed by atoms with Crippen molar-refractivity contribution in [3.63, 3.8) is 0 Å². The Morgan fingerprint density at radius 3 is 2.17 bits per heavy atom. The maximum atomic E-state index is 14.5. The number of benzene rings is 1. The number of aryl methyl sites for hydroxylation is 1. The van der Waals surface area contributed by atoms with Crippen LogP contribution in [0.25, 0.3) is 0 Å². The number of guanidine groups is 1. The summed E-state index contributed by atoms with van der Waals surface area (Å²) in [6.07, 6.45) is 1.42. The Morgan fingerprint density at radius 2 is 1.60 bits per heavy atom. The summed E-state index contributed by atoms with van der Waals surface area (Å²) in [5.41, 5.74) is 0.877. The van der Waals surface area contributed by atoms with Gasteiger partial charge in [0.2, 0.25) is 45.5 Å². The van der Waals surface area contributed by atoms with Crippen LogP contribution in [0.3, 0.4) is 0 Å². The highest BCUT2D eigenvalue weighted by Crippen LogP contribution is 2.31. The van der Waals surface area contributed by atoms with E-state index in [1.165, 1.54) is 32.0 Å². The molecule has 2 unspecified atom stereocenters. The number of likely N-dealkylation sites (N-methyl/N-ethyl adjacent to an activating group) is 1. The van der Waals surface area contributed by atoms with E-state index in [2.05, 4.69) is 25.7 Å². The molecular weight excluding hydrogens is 1080 g/mol. The first-order chi connectivity index (χ1) is 37.6. The first-order valence-electron chi connectivity index (χ1n) is 26.9. The number of carboxylic acid groups (broad SMARTS) is 1. The summed E-state index contributed by atoms with van der Waals surface area (Å²) < 4.78 is 42.4. The SMILES string of the molecule is CC[C@H](C)C([C@@H](CC(=O)N1CCC[C@H]1[C@H](OC)[C@@H](C)C(=O)N[C@@H](Cc1ccccc1)C(=O)NS(=O)(=O)CCCn1cc(CN2C(=O)CC(SC[C@H](NC(C)=O)C(=O)O)C2=O)nn1)OC)N(C)C(=O)[C@@H](N=C(N(C)C)N(C)C)C(C)C. The Kier molecular flexibility index (Phi) is 25.3. The number of nitrogens with zero attached hydrogens (tertiary/aromatic N) is 9. The van der Waals surface area contributed by atoms with Crippen LogP contribution in [0.4, 0.5) is 0 Å². The van der Waals surface area contributed by atoms with Gasteiger partial charge in [-0.15, -0.1) is 16.9 Å². The summed E-state index contributed by atoms with van der Waals surface area (Å²) in [5.74, 6) is -6.06. The van der Waals surface area contributed by atoms with Crippen LogP contribution in [-0.4, -0.2) is 221 Å². The van der Waals surface area contributed by atoms with Gasteiger partial charge in [-0.2, -0.15) is 0 Å². The highest BCUT2D eigenvalue weighted by molar-refractivity contribution is 8.00. The number of aliphatic carboxylic acids is 1. The number of hydrogen-bond acceptors (Lipinski definition) is 16. The van der Waals surface area contributed by atoms with Gasteiger partial charge in [0, 0.05) is 88.1 Å². The molecular formula is C53H84N12O13S2. The molecule has 2 aliphatic rings. The van der Waals surface area contributed by atoms with Crippen LogP contribution in [0, 0.1) is 17.8 Å². The van der Waals surface area contributed by atoms with E-state index < -0.39 is 105 Å². The number of hydrogen-bond donors (Lipinski definition) is 4. The fraction of sp³-hybridized carbons (Fsp3) is 0.679. The molecule has 10 atom stereocenters. The molecule has 27 heteroatoms. The molecule has 1 aromatic carbocycles. The van der Waals surface area contributed by atoms with Crippen LogP contribution in [0.2, 0.25) is 0 Å². The molecule has 0 spiro atoms. The zero-order chi connectivity index (χ0) is 59.8. The van der Waals surface area contributed by atoms with Crippen LogP contribution in [0.5, 0.6) is 0 Å². The van der Waals surface area contributed by atoms with Gasteiger partial charge in [-0.25, -0.2) is 18.2 Å². The number of amides is 7. The van der Waals surface area contributed by atoms with E-state index in [9.17, 15) is 51.9 Å². The second kappa shape index (κ2) is 30.6. The molecule has 2 aromatic rings. The molecule has 25 nitrogen and oxygen atoms in total. The third-order valence-corrected chi connectivity index (χ3v) is 17.1. The molecule has 0 bridgehead atoms. The highest BCUT2D eigenvalue weighted by atomic mass is 32.2. The third-order valence-electron chi connectivity index (χ3n) is 14.4. The lowest BCUT2D eigenvalue weighted by Gasteiger charge is -2.40. The lowest BCUT2D eigenvalue weighted by molar-refractivity contribution is -0.146. The van der Waals surface area contributed by atoms with Gasteiger partial charge >= 0.3 is 5.97 Å². The predicted octanol–water partition coefficient (Wildman–Crippen LogP) is 1.22. The van der Waals surface area contributed by atoms with Gasteiger partial charge in [0.1, 0.15) is 23.8 Å². The van der Waals surface area contributed by atoms with Crippen LogP contribution in [0.1, 0.15) is 91.3 Å². The highest BCUT2D eigenvalue weighted by Gasteiger charge is 2.44. The molecule has 2 aliphatic heterocycles. The molecule has 446 valence electrons. The summed E-state index contributed by atoms with van der Waals surface area (Å²) in [5, 5.41) is 21.6. The average molecular weight is 1160 g/mol. The fourth-order valence-corrected chi connectivity index (χ4v) is 12.3. The second-order valence-corrected chi connectivity index (χ2v) is 24.4. The van der Waals surface area contributed by atoms with Crippen LogP contribution < -0.4 is 15.4 Å². The summed E-state index contributed by atoms with van der Waals surface area (Å²) >= 11 is 0.944. The molecule has 2 saturated heterocycles. The normalized spacial score (nSPS) is 18.6. The standard InChI is InChI=1S/C53H84N12O13S2/c1-14-33(4)46(62(11)51(72)45(32(2)3)56-53(60(7)8)61(9)10)41(77-12)27-43(67)64-24-18-22-40(64)47(78-13)34(5)48(69)55-38(26-36-20-16-15-17-21-36)49(70)58-80(75,76)25-19-23-63-29-37(57-59-63)30-65-44(68)28-42(50(65)71)79-31-39(52(73)74)54-35(6)66/h15-17,20-21,29,32-34,38-42,45-47H,14,18-19,22-28,30-31H2,1-13H3,(H,54,66)(H,55,69)(H,58,70)(H,73,74)/t33-,34+,38-,39-,40-,41+,42?,45-,46?,47+/m0/s1. The van der Waals surface area contributed by atoms with Gasteiger partial charge in [-0.05, 0) is 36.7 Å². The number of carbonyl (C=O) groups excluding carboxylic acids is 7. The summed E-state index contributed by atoms with van der Waals surface area (Å²) in [6.45, 7) is 10.9. The number of sulfonamides is 1. The fourth-order valence-electron chi connectivity index (χ4n) is 10.1. The Labute approximate surface area is 474 Å². The zero-order valence-electron chi connectivity index (χ0n) is 48.5. The molecule has 80 heavy (non-hydrogen) atoms. The van der Waals surface area contributed by atoms with E-state index in [0.717, 1.165) is 16.7 Å². The Bertz CT molecular complexity index is 2590. The topological polar surface area (TPSA) is 305 Å². The number of carbonyl (C=O) groups is 8. The predicted molar refractivity (Wildman–Crippen MR) is 300 cm³/mol. The van der Waals surface area contributed by atoms with E-state index >= 15 is 0 Å². The first-order valence-corrected chi connectivity index (χ1v) is 29.6. The largest absolute Gasteiger partial charge is 0.480 e. The monoisotopic (exact) mass is 1160 g/mol. The molecule has 1 aromatic heterocycles. The first kappa shape index (κ1) is 66.3. The van der Waals surface area contributed by atoms with Gasteiger partial charge < -0.3 is 44.8 Å². The Hall–Kier alpha value is -6.19. The van der Waals surface area contributed by atoms with Crippen molar-refractivity contribution in [1.82, 2.24) is 54.8 Å². The lowest BCUT2D eigenvalue weighted by Crippen LogP contribution is -2.56. The molecule has 4 rings (SSSR count). The van der Waals surface area contributed by atoms with Crippen molar-refractivity contribution in [2.75, 3.05) is 67.5 Å². The Morgan fingerprint density at radius 1 is 0.938 bits per heavy atom. The summed E-state index contributed by atoms with van der Waals surface area (Å²) in [6, 6.07) is 4.42. The number of rotatable bonds is 30. The van der Waals surface area contributed by atoms with Crippen molar-refractivity contribution in [3.05, 3.63) is 47.8 Å². The number of imide groups is 1. The number of likely N-dealkylation sites (tertiary alicyclic amines) is 2. The summed E-state index contributed by atoms with van der Waals surface area (Å²) in [7, 11) is 7.89. The average Bonchev–Trinajstić information content (AvgIpc) is 4.20. The van der Waals surface area contributed by atoms with E-state index in [4.69, 9.17) is 14.5 Å². The number of ether oxygens (including phenoxy) is 2. The van der Waals surface area contributed by atoms with Gasteiger partial charge in [0.15, 0.2) is 5.96 Å². The van der Waals surface area contributed by atoms with E-state index in [0.29, 0.717) is 37.3 Å². The van der Waals surface area contributed by atoms with Gasteiger partial charge in [0.05, 0.1) is 60.4 Å². The minimum absolute atomic E-state index is 0.0216. The zero-order valence-corrected chi connectivity index (χ0v) is 50.1. The molecule has 0 aliphatic carbocycles. The minimum Gasteiger partial charge on any atom is -0.480 e. The molecule has 3 heterocycles. The number of thioether (sulfide) groups is 1. The second-order valence-electron chi connectivity index (χ2n) is 21.3. The number of aromatic nitrogens is 3. The van der Waals surface area contributed by atoms with Crippen molar-refractivity contribution >= 4 is 75.1 Å². The number of aliphatic imine (C=N–C) groups is 1. The van der Waals surface area contributed by atoms with Gasteiger partial charge in [0.25, 0.3) is 5.91 Å². The van der Waals surface area contributed by atoms with E-state index in [1.54, 1.807) is 54.1 Å². The van der Waals surface area contributed by atoms with Crippen molar-refractivity contribution < 1.29 is 61.4 Å². The van der Waals surface area contributed by atoms with Crippen molar-refractivity contribution in [2.45, 2.75) is 147 Å². The van der Waals surface area contributed by atoms with Gasteiger partial charge in [-0.3, -0.25) is 47.9 Å². The minimum atomic E-state index is -4.29. The maximum Gasteiger partial charge on any atom is 0.327 e. The third kappa shape index (κ3) is 18.4. The van der Waals surface area contributed by atoms with Crippen LogP contribution in [0.15, 0.2) is 41.5 Å². The van der Waals surface area contributed by atoms with Crippen LogP contribution >= 0.6 is 11.8 Å². The van der Waals surface area contributed by atoms with Crippen LogP contribution in [-0.2, 0) is 77.4 Å². The number of carboxylic acids is 1. The van der Waals surface area contributed by atoms with Crippen molar-refractivity contribution in [3.8, 4) is 0 Å². The number of nitrogens with one attached hydrogen (secondary N) is 3. The molecule has 4 N–H and O–H groups in total. The quantitative estimate of drug-likeness (QED) is 0.0486. The smallest absolute Gasteiger partial charge is 0.327 e. The summed E-state index contributed by atoms with van der Waals surface area (Å²) in [4.78, 5) is 119. The number of methoxy groups -OCH3 is 2. The van der Waals surface area contributed by atoms with Crippen molar-refractivity contribution in [1.29, 1.82) is 0 Å². The van der Waals surface area contributed by atoms with Gasteiger partial charge in [-0.1, -0.05) is 76.6 Å². The van der Waals surface area contributed by atoms with E-state index in [-0.39, 0.29) is 73.9 Å².